The smallest absolute Gasteiger partial charge is 0.240 e. The van der Waals surface area contributed by atoms with Gasteiger partial charge >= 0.3 is 0 Å². The van der Waals surface area contributed by atoms with Crippen LogP contribution in [0, 0.1) is 12.7 Å². The molecule has 8 heteroatoms. The highest BCUT2D eigenvalue weighted by Crippen LogP contribution is 2.28. The molecule has 0 saturated heterocycles. The molecule has 0 saturated carbocycles. The molecule has 28 heavy (non-hydrogen) atoms. The van der Waals surface area contributed by atoms with E-state index in [9.17, 15) is 12.8 Å². The number of aryl methyl sites for hydroxylation is 1. The van der Waals surface area contributed by atoms with Crippen molar-refractivity contribution in [2.75, 3.05) is 13.2 Å². The molecule has 0 atom stereocenters. The van der Waals surface area contributed by atoms with Gasteiger partial charge < -0.3 is 4.74 Å². The Kier molecular flexibility index (Phi) is 6.43. The number of ether oxygens (including phenoxy) is 1. The van der Waals surface area contributed by atoms with Gasteiger partial charge in [0.15, 0.2) is 0 Å². The van der Waals surface area contributed by atoms with E-state index in [1.165, 1.54) is 35.6 Å². The summed E-state index contributed by atoms with van der Waals surface area (Å²) in [5.41, 5.74) is 1.54. The van der Waals surface area contributed by atoms with Crippen LogP contribution in [0.15, 0.2) is 53.4 Å². The third kappa shape index (κ3) is 4.95. The van der Waals surface area contributed by atoms with Crippen molar-refractivity contribution in [2.45, 2.75) is 25.2 Å². The first-order valence-corrected chi connectivity index (χ1v) is 11.1. The van der Waals surface area contributed by atoms with E-state index in [1.54, 1.807) is 24.3 Å². The second-order valence-corrected chi connectivity index (χ2v) is 8.94. The van der Waals surface area contributed by atoms with Gasteiger partial charge in [0.05, 0.1) is 17.2 Å². The summed E-state index contributed by atoms with van der Waals surface area (Å²) in [5.74, 6) is 0.321. The average Bonchev–Trinajstić information content (AvgIpc) is 3.03. The van der Waals surface area contributed by atoms with Gasteiger partial charge in [-0.2, -0.15) is 0 Å². The van der Waals surface area contributed by atoms with Crippen molar-refractivity contribution in [2.24, 2.45) is 0 Å². The molecule has 1 N–H and O–H groups in total. The maximum atomic E-state index is 13.4. The Labute approximate surface area is 168 Å². The summed E-state index contributed by atoms with van der Waals surface area (Å²) in [7, 11) is -3.60. The van der Waals surface area contributed by atoms with Crippen LogP contribution in [0.25, 0.3) is 10.6 Å². The number of thiazole rings is 1. The van der Waals surface area contributed by atoms with Crippen LogP contribution < -0.4 is 9.46 Å². The van der Waals surface area contributed by atoms with Crippen molar-refractivity contribution >= 4 is 21.4 Å². The van der Waals surface area contributed by atoms with Crippen LogP contribution in [-0.4, -0.2) is 26.6 Å². The van der Waals surface area contributed by atoms with Crippen molar-refractivity contribution in [3.63, 3.8) is 0 Å². The highest BCUT2D eigenvalue weighted by Gasteiger charge is 2.15. The summed E-state index contributed by atoms with van der Waals surface area (Å²) in [6, 6.07) is 12.6. The van der Waals surface area contributed by atoms with E-state index in [0.717, 1.165) is 15.6 Å². The number of hydrogen-bond donors (Lipinski definition) is 1. The van der Waals surface area contributed by atoms with E-state index >= 15 is 0 Å². The maximum Gasteiger partial charge on any atom is 0.240 e. The standard InChI is InChI=1S/C20H21FN2O3S2/c1-3-26-17-7-9-18(10-8-17)28(24,25)22-12-11-19-14(2)23-20(27-19)15-5-4-6-16(21)13-15/h4-10,13,22H,3,11-12H2,1-2H3. The molecule has 0 aliphatic heterocycles. The van der Waals surface area contributed by atoms with Crippen LogP contribution in [0.2, 0.25) is 0 Å². The van der Waals surface area contributed by atoms with Crippen molar-refractivity contribution in [1.29, 1.82) is 0 Å². The predicted molar refractivity (Wildman–Crippen MR) is 109 cm³/mol. The van der Waals surface area contributed by atoms with Gasteiger partial charge in [0.2, 0.25) is 10.0 Å². The first kappa shape index (κ1) is 20.4. The van der Waals surface area contributed by atoms with Crippen molar-refractivity contribution in [1.82, 2.24) is 9.71 Å². The van der Waals surface area contributed by atoms with Gasteiger partial charge in [-0.3, -0.25) is 0 Å². The zero-order chi connectivity index (χ0) is 20.1. The highest BCUT2D eigenvalue weighted by atomic mass is 32.2. The Balaban J connectivity index is 1.64. The Morgan fingerprint density at radius 3 is 2.61 bits per heavy atom. The lowest BCUT2D eigenvalue weighted by atomic mass is 10.2. The molecular weight excluding hydrogens is 399 g/mol. The summed E-state index contributed by atoms with van der Waals surface area (Å²) in [5, 5.41) is 0.723. The molecule has 3 aromatic rings. The molecule has 0 amide bonds. The minimum atomic E-state index is -3.60. The quantitative estimate of drug-likeness (QED) is 0.594. The van der Waals surface area contributed by atoms with Crippen LogP contribution in [-0.2, 0) is 16.4 Å². The summed E-state index contributed by atoms with van der Waals surface area (Å²) in [6.45, 7) is 4.51. The monoisotopic (exact) mass is 420 g/mol. The molecule has 0 spiro atoms. The molecule has 3 rings (SSSR count). The fourth-order valence-corrected chi connectivity index (χ4v) is 4.76. The number of nitrogens with zero attached hydrogens (tertiary/aromatic N) is 1. The first-order valence-electron chi connectivity index (χ1n) is 8.84. The number of rotatable bonds is 8. The lowest BCUT2D eigenvalue weighted by Crippen LogP contribution is -2.25. The molecule has 0 aliphatic rings. The molecule has 2 aromatic carbocycles. The number of sulfonamides is 1. The fourth-order valence-electron chi connectivity index (χ4n) is 2.67. The van der Waals surface area contributed by atoms with Crippen LogP contribution in [0.3, 0.4) is 0 Å². The molecule has 0 fully saturated rings. The second-order valence-electron chi connectivity index (χ2n) is 6.09. The van der Waals surface area contributed by atoms with Crippen molar-refractivity contribution < 1.29 is 17.5 Å². The van der Waals surface area contributed by atoms with Gasteiger partial charge in [-0.25, -0.2) is 22.5 Å². The normalized spacial score (nSPS) is 11.5. The summed E-state index contributed by atoms with van der Waals surface area (Å²) >= 11 is 1.45. The van der Waals surface area contributed by atoms with Gasteiger partial charge in [-0.15, -0.1) is 11.3 Å². The minimum absolute atomic E-state index is 0.192. The molecule has 1 aromatic heterocycles. The van der Waals surface area contributed by atoms with Gasteiger partial charge in [-0.1, -0.05) is 12.1 Å². The maximum absolute atomic E-state index is 13.4. The zero-order valence-corrected chi connectivity index (χ0v) is 17.2. The molecule has 5 nitrogen and oxygen atoms in total. The third-order valence-electron chi connectivity index (χ3n) is 4.05. The number of hydrogen-bond acceptors (Lipinski definition) is 5. The minimum Gasteiger partial charge on any atom is -0.494 e. The second kappa shape index (κ2) is 8.81. The van der Waals surface area contributed by atoms with Crippen molar-refractivity contribution in [3.05, 3.63) is 64.9 Å². The van der Waals surface area contributed by atoms with Gasteiger partial charge in [0, 0.05) is 17.0 Å². The number of nitrogens with one attached hydrogen (secondary N) is 1. The Morgan fingerprint density at radius 1 is 1.18 bits per heavy atom. The predicted octanol–water partition coefficient (Wildman–Crippen LogP) is 4.18. The van der Waals surface area contributed by atoms with Gasteiger partial charge in [-0.05, 0) is 56.7 Å². The highest BCUT2D eigenvalue weighted by molar-refractivity contribution is 7.89. The number of benzene rings is 2. The number of halogens is 1. The lowest BCUT2D eigenvalue weighted by molar-refractivity contribution is 0.340. The molecule has 0 bridgehead atoms. The SMILES string of the molecule is CCOc1ccc(S(=O)(=O)NCCc2sc(-c3cccc(F)c3)nc2C)cc1. The first-order chi connectivity index (χ1) is 13.4. The molecular formula is C20H21FN2O3S2. The number of aromatic nitrogens is 1. The van der Waals surface area contributed by atoms with E-state index in [1.807, 2.05) is 13.8 Å². The molecule has 0 radical (unpaired) electrons. The van der Waals surface area contributed by atoms with E-state index in [-0.39, 0.29) is 17.3 Å². The Morgan fingerprint density at radius 2 is 1.93 bits per heavy atom. The van der Waals surface area contributed by atoms with Crippen LogP contribution >= 0.6 is 11.3 Å². The third-order valence-corrected chi connectivity index (χ3v) is 6.80. The van der Waals surface area contributed by atoms with Crippen molar-refractivity contribution in [3.8, 4) is 16.3 Å². The van der Waals surface area contributed by atoms with Gasteiger partial charge in [0.1, 0.15) is 16.6 Å². The van der Waals surface area contributed by atoms with E-state index in [4.69, 9.17) is 4.74 Å². The van der Waals surface area contributed by atoms with Crippen LogP contribution in [0.5, 0.6) is 5.75 Å². The fraction of sp³-hybridized carbons (Fsp3) is 0.250. The molecule has 0 aliphatic carbocycles. The van der Waals surface area contributed by atoms with Crippen LogP contribution in [0.1, 0.15) is 17.5 Å². The van der Waals surface area contributed by atoms with E-state index in [2.05, 4.69) is 9.71 Å². The lowest BCUT2D eigenvalue weighted by Gasteiger charge is -2.08. The summed E-state index contributed by atoms with van der Waals surface area (Å²) in [6.07, 6.45) is 0.509. The Bertz CT molecular complexity index is 1050. The van der Waals surface area contributed by atoms with E-state index in [0.29, 0.717) is 24.3 Å². The average molecular weight is 421 g/mol. The summed E-state index contributed by atoms with van der Waals surface area (Å²) in [4.78, 5) is 5.64. The largest absolute Gasteiger partial charge is 0.494 e. The molecule has 148 valence electrons. The zero-order valence-electron chi connectivity index (χ0n) is 15.6. The topological polar surface area (TPSA) is 68.3 Å². The van der Waals surface area contributed by atoms with Gasteiger partial charge in [0.25, 0.3) is 0 Å². The van der Waals surface area contributed by atoms with E-state index < -0.39 is 10.0 Å². The molecule has 0 unspecified atom stereocenters. The van der Waals surface area contributed by atoms with Crippen LogP contribution in [0.4, 0.5) is 4.39 Å². The Hall–Kier alpha value is -2.29. The summed E-state index contributed by atoms with van der Waals surface area (Å²) < 4.78 is 46.2. The molecule has 1 heterocycles.